The summed E-state index contributed by atoms with van der Waals surface area (Å²) in [6.45, 7) is 0.0732. The third-order valence-corrected chi connectivity index (χ3v) is 6.96. The van der Waals surface area contributed by atoms with Gasteiger partial charge in [0, 0.05) is 25.2 Å². The first-order valence-electron chi connectivity index (χ1n) is 10.4. The van der Waals surface area contributed by atoms with Crippen LogP contribution in [0.1, 0.15) is 27.0 Å². The second-order valence-corrected chi connectivity index (χ2v) is 9.51. The first kappa shape index (κ1) is 22.3. The molecule has 1 heterocycles. The van der Waals surface area contributed by atoms with Crippen molar-refractivity contribution in [2.75, 3.05) is 4.31 Å². The number of nitrogens with two attached hydrogens (primary N) is 1. The van der Waals surface area contributed by atoms with E-state index < -0.39 is 15.9 Å². The van der Waals surface area contributed by atoms with E-state index in [4.69, 9.17) is 5.73 Å². The van der Waals surface area contributed by atoms with Crippen molar-refractivity contribution in [3.05, 3.63) is 114 Å². The standard InChI is InChI=1S/C25H24N4O3S/c1-28-17-24(27-18-28)33(31,32)29(16-20-11-6-3-7-12-20)23-14-8-13-21(25(26)30)22(23)15-19-9-4-2-5-10-19/h2-14,17-18H,15-16H2,1H3,(H2,26,30). The Morgan fingerprint density at radius 3 is 2.15 bits per heavy atom. The van der Waals surface area contributed by atoms with E-state index in [1.807, 2.05) is 60.7 Å². The van der Waals surface area contributed by atoms with Crippen molar-refractivity contribution in [1.82, 2.24) is 9.55 Å². The highest BCUT2D eigenvalue weighted by molar-refractivity contribution is 7.92. The van der Waals surface area contributed by atoms with Crippen LogP contribution in [0.15, 0.2) is 96.4 Å². The number of hydrogen-bond acceptors (Lipinski definition) is 4. The largest absolute Gasteiger partial charge is 0.366 e. The van der Waals surface area contributed by atoms with E-state index in [9.17, 15) is 13.2 Å². The fourth-order valence-corrected chi connectivity index (χ4v) is 5.16. The minimum atomic E-state index is -4.04. The Labute approximate surface area is 193 Å². The van der Waals surface area contributed by atoms with Crippen LogP contribution in [-0.4, -0.2) is 23.9 Å². The van der Waals surface area contributed by atoms with Crippen LogP contribution in [0.3, 0.4) is 0 Å². The normalized spacial score (nSPS) is 11.3. The van der Waals surface area contributed by atoms with Gasteiger partial charge in [0.1, 0.15) is 0 Å². The average Bonchev–Trinajstić information content (AvgIpc) is 3.26. The summed E-state index contributed by atoms with van der Waals surface area (Å²) < 4.78 is 30.4. The van der Waals surface area contributed by atoms with Gasteiger partial charge in [0.25, 0.3) is 10.0 Å². The number of carbonyl (C=O) groups is 1. The monoisotopic (exact) mass is 460 g/mol. The number of imidazole rings is 1. The van der Waals surface area contributed by atoms with Crippen molar-refractivity contribution in [1.29, 1.82) is 0 Å². The second-order valence-electron chi connectivity index (χ2n) is 7.70. The molecule has 0 radical (unpaired) electrons. The fourth-order valence-electron chi connectivity index (χ4n) is 3.71. The fraction of sp³-hybridized carbons (Fsp3) is 0.120. The first-order valence-corrected chi connectivity index (χ1v) is 11.8. The number of hydrogen-bond donors (Lipinski definition) is 1. The van der Waals surface area contributed by atoms with Gasteiger partial charge in [0.2, 0.25) is 5.91 Å². The average molecular weight is 461 g/mol. The molecule has 168 valence electrons. The predicted molar refractivity (Wildman–Crippen MR) is 127 cm³/mol. The van der Waals surface area contributed by atoms with Gasteiger partial charge in [-0.15, -0.1) is 0 Å². The Morgan fingerprint density at radius 1 is 0.939 bits per heavy atom. The molecular formula is C25H24N4O3S. The van der Waals surface area contributed by atoms with E-state index in [-0.39, 0.29) is 17.1 Å². The summed E-state index contributed by atoms with van der Waals surface area (Å²) in [6, 6.07) is 23.8. The first-order chi connectivity index (χ1) is 15.9. The van der Waals surface area contributed by atoms with Crippen LogP contribution in [-0.2, 0) is 30.0 Å². The number of rotatable bonds is 8. The van der Waals surface area contributed by atoms with Crippen molar-refractivity contribution in [2.45, 2.75) is 18.0 Å². The van der Waals surface area contributed by atoms with Crippen molar-refractivity contribution in [3.8, 4) is 0 Å². The molecule has 0 bridgehead atoms. The maximum Gasteiger partial charge on any atom is 0.283 e. The van der Waals surface area contributed by atoms with E-state index in [1.165, 1.54) is 16.8 Å². The number of carbonyl (C=O) groups excluding carboxylic acids is 1. The molecule has 3 aromatic carbocycles. The molecule has 8 heteroatoms. The molecule has 4 rings (SSSR count). The Kier molecular flexibility index (Phi) is 6.28. The summed E-state index contributed by atoms with van der Waals surface area (Å²) in [6.07, 6.45) is 3.25. The van der Waals surface area contributed by atoms with Gasteiger partial charge in [-0.1, -0.05) is 66.7 Å². The molecule has 33 heavy (non-hydrogen) atoms. The van der Waals surface area contributed by atoms with Crippen molar-refractivity contribution < 1.29 is 13.2 Å². The summed E-state index contributed by atoms with van der Waals surface area (Å²) in [4.78, 5) is 16.4. The molecule has 0 unspecified atom stereocenters. The number of anilines is 1. The molecular weight excluding hydrogens is 436 g/mol. The van der Waals surface area contributed by atoms with Gasteiger partial charge in [-0.3, -0.25) is 9.10 Å². The van der Waals surface area contributed by atoms with Crippen LogP contribution >= 0.6 is 0 Å². The maximum absolute atomic E-state index is 13.8. The Bertz CT molecular complexity index is 1370. The highest BCUT2D eigenvalue weighted by Crippen LogP contribution is 2.32. The third-order valence-electron chi connectivity index (χ3n) is 5.31. The molecule has 0 atom stereocenters. The van der Waals surface area contributed by atoms with E-state index in [0.29, 0.717) is 17.7 Å². The highest BCUT2D eigenvalue weighted by Gasteiger charge is 2.30. The minimum Gasteiger partial charge on any atom is -0.366 e. The van der Waals surface area contributed by atoms with E-state index in [2.05, 4.69) is 4.98 Å². The third kappa shape index (κ3) is 4.80. The molecule has 1 amide bonds. The topological polar surface area (TPSA) is 98.3 Å². The lowest BCUT2D eigenvalue weighted by molar-refractivity contribution is 0.0999. The molecule has 0 saturated heterocycles. The molecule has 1 aromatic heterocycles. The Morgan fingerprint density at radius 2 is 1.58 bits per heavy atom. The van der Waals surface area contributed by atoms with Gasteiger partial charge in [-0.2, -0.15) is 8.42 Å². The Balaban J connectivity index is 1.91. The molecule has 2 N–H and O–H groups in total. The number of amides is 1. The van der Waals surface area contributed by atoms with Crippen LogP contribution in [0.2, 0.25) is 0 Å². The van der Waals surface area contributed by atoms with E-state index >= 15 is 0 Å². The molecule has 7 nitrogen and oxygen atoms in total. The van der Waals surface area contributed by atoms with Crippen LogP contribution in [0.4, 0.5) is 5.69 Å². The van der Waals surface area contributed by atoms with E-state index in [0.717, 1.165) is 11.1 Å². The van der Waals surface area contributed by atoms with Gasteiger partial charge in [0.15, 0.2) is 5.03 Å². The van der Waals surface area contributed by atoms with Gasteiger partial charge in [-0.25, -0.2) is 4.98 Å². The predicted octanol–water partition coefficient (Wildman–Crippen LogP) is 3.51. The highest BCUT2D eigenvalue weighted by atomic mass is 32.2. The number of aryl methyl sites for hydroxylation is 1. The Hall–Kier alpha value is -3.91. The number of aromatic nitrogens is 2. The molecule has 4 aromatic rings. The summed E-state index contributed by atoms with van der Waals surface area (Å²) >= 11 is 0. The molecule has 0 saturated carbocycles. The zero-order valence-electron chi connectivity index (χ0n) is 18.1. The van der Waals surface area contributed by atoms with Gasteiger partial charge in [-0.05, 0) is 28.8 Å². The zero-order valence-corrected chi connectivity index (χ0v) is 18.9. The maximum atomic E-state index is 13.8. The molecule has 0 aliphatic heterocycles. The summed E-state index contributed by atoms with van der Waals surface area (Å²) in [5.41, 5.74) is 8.65. The SMILES string of the molecule is Cn1cnc(S(=O)(=O)N(Cc2ccccc2)c2cccc(C(N)=O)c2Cc2ccccc2)c1. The summed E-state index contributed by atoms with van der Waals surface area (Å²) in [5, 5.41) is -0.0731. The van der Waals surface area contributed by atoms with Crippen LogP contribution in [0.25, 0.3) is 0 Å². The van der Waals surface area contributed by atoms with Crippen molar-refractivity contribution in [3.63, 3.8) is 0 Å². The number of primary amides is 1. The van der Waals surface area contributed by atoms with Gasteiger partial charge in [0.05, 0.1) is 18.6 Å². The number of benzene rings is 3. The van der Waals surface area contributed by atoms with Crippen molar-refractivity contribution >= 4 is 21.6 Å². The lowest BCUT2D eigenvalue weighted by Gasteiger charge is -2.27. The lowest BCUT2D eigenvalue weighted by Crippen LogP contribution is -2.32. The summed E-state index contributed by atoms with van der Waals surface area (Å²) in [5.74, 6) is -0.613. The minimum absolute atomic E-state index is 0.0731. The van der Waals surface area contributed by atoms with Gasteiger partial charge >= 0.3 is 0 Å². The lowest BCUT2D eigenvalue weighted by atomic mass is 9.97. The van der Waals surface area contributed by atoms with Crippen LogP contribution in [0.5, 0.6) is 0 Å². The quantitative estimate of drug-likeness (QED) is 0.435. The summed E-state index contributed by atoms with van der Waals surface area (Å²) in [7, 11) is -2.33. The number of nitrogens with zero attached hydrogens (tertiary/aromatic N) is 3. The number of sulfonamides is 1. The van der Waals surface area contributed by atoms with Crippen LogP contribution < -0.4 is 10.0 Å². The molecule has 0 aliphatic rings. The molecule has 0 fully saturated rings. The molecule has 0 aliphatic carbocycles. The van der Waals surface area contributed by atoms with E-state index in [1.54, 1.807) is 29.8 Å². The smallest absolute Gasteiger partial charge is 0.283 e. The molecule has 0 spiro atoms. The second kappa shape index (κ2) is 9.30. The van der Waals surface area contributed by atoms with Gasteiger partial charge < -0.3 is 10.3 Å². The van der Waals surface area contributed by atoms with Crippen molar-refractivity contribution in [2.24, 2.45) is 12.8 Å². The van der Waals surface area contributed by atoms with Crippen LogP contribution in [0, 0.1) is 0 Å². The zero-order chi connectivity index (χ0) is 23.4.